The van der Waals surface area contributed by atoms with E-state index in [9.17, 15) is 4.79 Å². The molecule has 1 saturated carbocycles. The lowest BCUT2D eigenvalue weighted by Gasteiger charge is -2.19. The maximum Gasteiger partial charge on any atom is 0.223 e. The second-order valence-electron chi connectivity index (χ2n) is 7.02. The number of anilines is 1. The Morgan fingerprint density at radius 2 is 1.75 bits per heavy atom. The first-order valence-electron chi connectivity index (χ1n) is 9.36. The van der Waals surface area contributed by atoms with Crippen LogP contribution in [0, 0.1) is 5.92 Å². The lowest BCUT2D eigenvalue weighted by Crippen LogP contribution is -2.40. The quantitative estimate of drug-likeness (QED) is 0.787. The van der Waals surface area contributed by atoms with Crippen molar-refractivity contribution in [2.24, 2.45) is 5.92 Å². The molecule has 24 heavy (non-hydrogen) atoms. The molecule has 1 aromatic rings. The highest BCUT2D eigenvalue weighted by atomic mass is 16.1. The number of carbonyl (C=O) groups is 1. The maximum absolute atomic E-state index is 12.5. The van der Waals surface area contributed by atoms with Crippen LogP contribution in [-0.2, 0) is 4.79 Å². The Balaban J connectivity index is 1.47. The van der Waals surface area contributed by atoms with Crippen molar-refractivity contribution in [2.75, 3.05) is 18.4 Å². The Kier molecular flexibility index (Phi) is 6.41. The normalized spacial score (nSPS) is 28.4. The molecule has 1 aromatic heterocycles. The molecular weight excluding hydrogens is 302 g/mol. The number of carbonyl (C=O) groups excluding carboxylic acids is 1. The number of nitrogens with one attached hydrogen (secondary N) is 3. The van der Waals surface area contributed by atoms with E-state index in [1.54, 1.807) is 12.4 Å². The van der Waals surface area contributed by atoms with Crippen LogP contribution in [0.25, 0.3) is 0 Å². The van der Waals surface area contributed by atoms with E-state index in [2.05, 4.69) is 25.9 Å². The SMILES string of the molecule is O=C(N[C@@H]1CCNC1)[C@H]1CCCCC(Nc2ncccn2)CCC1. The molecular formula is C18H29N5O. The van der Waals surface area contributed by atoms with Crippen LogP contribution in [0.4, 0.5) is 5.95 Å². The molecule has 1 unspecified atom stereocenters. The zero-order valence-electron chi connectivity index (χ0n) is 14.3. The van der Waals surface area contributed by atoms with E-state index in [4.69, 9.17) is 0 Å². The molecule has 6 nitrogen and oxygen atoms in total. The third-order valence-electron chi connectivity index (χ3n) is 5.14. The van der Waals surface area contributed by atoms with Gasteiger partial charge < -0.3 is 16.0 Å². The summed E-state index contributed by atoms with van der Waals surface area (Å²) in [4.78, 5) is 21.0. The van der Waals surface area contributed by atoms with Crippen molar-refractivity contribution in [3.05, 3.63) is 18.5 Å². The Labute approximate surface area is 144 Å². The van der Waals surface area contributed by atoms with Gasteiger partial charge in [0.05, 0.1) is 0 Å². The molecule has 6 heteroatoms. The van der Waals surface area contributed by atoms with Gasteiger partial charge in [0.15, 0.2) is 0 Å². The number of nitrogens with zero attached hydrogens (tertiary/aromatic N) is 2. The molecule has 3 atom stereocenters. The van der Waals surface area contributed by atoms with Gasteiger partial charge in [-0.1, -0.05) is 19.3 Å². The van der Waals surface area contributed by atoms with Gasteiger partial charge in [-0.05, 0) is 44.7 Å². The van der Waals surface area contributed by atoms with E-state index < -0.39 is 0 Å². The first kappa shape index (κ1) is 17.1. The summed E-state index contributed by atoms with van der Waals surface area (Å²) in [6.45, 7) is 1.94. The van der Waals surface area contributed by atoms with E-state index >= 15 is 0 Å². The summed E-state index contributed by atoms with van der Waals surface area (Å²) in [5, 5.41) is 9.99. The zero-order valence-corrected chi connectivity index (χ0v) is 14.3. The summed E-state index contributed by atoms with van der Waals surface area (Å²) < 4.78 is 0. The zero-order chi connectivity index (χ0) is 16.6. The largest absolute Gasteiger partial charge is 0.352 e. The minimum absolute atomic E-state index is 0.178. The Morgan fingerprint density at radius 1 is 1.00 bits per heavy atom. The monoisotopic (exact) mass is 331 g/mol. The predicted octanol–water partition coefficient (Wildman–Crippen LogP) is 2.10. The van der Waals surface area contributed by atoms with Crippen molar-refractivity contribution in [1.82, 2.24) is 20.6 Å². The third-order valence-corrected chi connectivity index (χ3v) is 5.14. The number of hydrogen-bond acceptors (Lipinski definition) is 5. The van der Waals surface area contributed by atoms with Crippen molar-refractivity contribution in [1.29, 1.82) is 0 Å². The standard InChI is InChI=1S/C18H29N5O/c24-17(22-16-9-12-19-13-16)14-5-1-2-7-15(8-3-6-14)23-18-20-10-4-11-21-18/h4,10-11,14-16,19H,1-3,5-9,12-13H2,(H,22,24)(H,20,21,23)/t14-,15?,16+/m0/s1. The lowest BCUT2D eigenvalue weighted by molar-refractivity contribution is -0.126. The predicted molar refractivity (Wildman–Crippen MR) is 94.7 cm³/mol. The molecule has 0 aromatic carbocycles. The van der Waals surface area contributed by atoms with E-state index in [1.807, 2.05) is 6.07 Å². The van der Waals surface area contributed by atoms with Crippen LogP contribution in [0.15, 0.2) is 18.5 Å². The summed E-state index contributed by atoms with van der Waals surface area (Å²) in [5.74, 6) is 1.16. The minimum atomic E-state index is 0.178. The highest BCUT2D eigenvalue weighted by Gasteiger charge is 2.24. The summed E-state index contributed by atoms with van der Waals surface area (Å²) in [7, 11) is 0. The summed E-state index contributed by atoms with van der Waals surface area (Å²) in [6.07, 6.45) is 12.1. The van der Waals surface area contributed by atoms with Gasteiger partial charge in [0.1, 0.15) is 0 Å². The molecule has 3 N–H and O–H groups in total. The van der Waals surface area contributed by atoms with Crippen molar-refractivity contribution < 1.29 is 4.79 Å². The highest BCUT2D eigenvalue weighted by molar-refractivity contribution is 5.79. The van der Waals surface area contributed by atoms with Gasteiger partial charge in [-0.2, -0.15) is 0 Å². The number of amides is 1. The average molecular weight is 331 g/mol. The number of rotatable bonds is 4. The molecule has 2 heterocycles. The second-order valence-corrected chi connectivity index (χ2v) is 7.02. The summed E-state index contributed by atoms with van der Waals surface area (Å²) in [6, 6.07) is 2.57. The van der Waals surface area contributed by atoms with Gasteiger partial charge in [0.2, 0.25) is 11.9 Å². The fourth-order valence-corrected chi connectivity index (χ4v) is 3.74. The van der Waals surface area contributed by atoms with Gasteiger partial charge in [-0.15, -0.1) is 0 Å². The molecule has 0 bridgehead atoms. The summed E-state index contributed by atoms with van der Waals surface area (Å²) in [5.41, 5.74) is 0. The van der Waals surface area contributed by atoms with Crippen LogP contribution < -0.4 is 16.0 Å². The van der Waals surface area contributed by atoms with Crippen LogP contribution >= 0.6 is 0 Å². The molecule has 1 amide bonds. The molecule has 1 aliphatic heterocycles. The fraction of sp³-hybridized carbons (Fsp3) is 0.722. The van der Waals surface area contributed by atoms with Crippen molar-refractivity contribution in [3.8, 4) is 0 Å². The average Bonchev–Trinajstić information content (AvgIpc) is 3.12. The Morgan fingerprint density at radius 3 is 2.54 bits per heavy atom. The van der Waals surface area contributed by atoms with E-state index in [-0.39, 0.29) is 11.8 Å². The molecule has 132 valence electrons. The molecule has 0 spiro atoms. The fourth-order valence-electron chi connectivity index (χ4n) is 3.74. The molecule has 0 radical (unpaired) electrons. The second kappa shape index (κ2) is 8.97. The molecule has 3 rings (SSSR count). The summed E-state index contributed by atoms with van der Waals surface area (Å²) >= 11 is 0. The van der Waals surface area contributed by atoms with Gasteiger partial charge in [-0.25, -0.2) is 9.97 Å². The van der Waals surface area contributed by atoms with E-state index in [1.165, 1.54) is 0 Å². The highest BCUT2D eigenvalue weighted by Crippen LogP contribution is 2.24. The topological polar surface area (TPSA) is 78.9 Å². The van der Waals surface area contributed by atoms with Crippen molar-refractivity contribution >= 4 is 11.9 Å². The first-order valence-corrected chi connectivity index (χ1v) is 9.36. The molecule has 1 saturated heterocycles. The van der Waals surface area contributed by atoms with Gasteiger partial charge >= 0.3 is 0 Å². The van der Waals surface area contributed by atoms with Crippen molar-refractivity contribution in [3.63, 3.8) is 0 Å². The van der Waals surface area contributed by atoms with Gasteiger partial charge in [0.25, 0.3) is 0 Å². The lowest BCUT2D eigenvalue weighted by atomic mass is 9.95. The number of aromatic nitrogens is 2. The van der Waals surface area contributed by atoms with Crippen LogP contribution in [0.1, 0.15) is 51.4 Å². The van der Waals surface area contributed by atoms with Crippen LogP contribution in [0.5, 0.6) is 0 Å². The smallest absolute Gasteiger partial charge is 0.223 e. The Bertz CT molecular complexity index is 503. The van der Waals surface area contributed by atoms with Crippen LogP contribution in [0.3, 0.4) is 0 Å². The van der Waals surface area contributed by atoms with Gasteiger partial charge in [-0.3, -0.25) is 4.79 Å². The molecule has 2 fully saturated rings. The molecule has 2 aliphatic rings. The van der Waals surface area contributed by atoms with E-state index in [0.717, 1.165) is 64.5 Å². The van der Waals surface area contributed by atoms with Crippen molar-refractivity contribution in [2.45, 2.75) is 63.5 Å². The first-order chi connectivity index (χ1) is 11.8. The van der Waals surface area contributed by atoms with Crippen LogP contribution in [0.2, 0.25) is 0 Å². The van der Waals surface area contributed by atoms with Gasteiger partial charge in [0, 0.05) is 36.9 Å². The molecule has 1 aliphatic carbocycles. The number of hydrogen-bond donors (Lipinski definition) is 3. The Hall–Kier alpha value is -1.69. The third kappa shape index (κ3) is 5.16. The minimum Gasteiger partial charge on any atom is -0.352 e. The maximum atomic E-state index is 12.5. The van der Waals surface area contributed by atoms with Crippen LogP contribution in [-0.4, -0.2) is 41.0 Å². The van der Waals surface area contributed by atoms with E-state index in [0.29, 0.717) is 18.0 Å².